The van der Waals surface area contributed by atoms with Crippen LogP contribution in [0.15, 0.2) is 10.6 Å². The number of nitrogens with one attached hydrogen (secondary N) is 1. The van der Waals surface area contributed by atoms with E-state index in [-0.39, 0.29) is 5.54 Å². The lowest BCUT2D eigenvalue weighted by molar-refractivity contribution is -0.142. The van der Waals surface area contributed by atoms with Crippen LogP contribution in [0.5, 0.6) is 0 Å². The molecule has 5 fully saturated rings. The molecule has 24 heavy (non-hydrogen) atoms. The highest BCUT2D eigenvalue weighted by Crippen LogP contribution is 2.57. The van der Waals surface area contributed by atoms with Crippen molar-refractivity contribution in [2.24, 2.45) is 11.8 Å². The molecule has 1 aromatic rings. The van der Waals surface area contributed by atoms with Gasteiger partial charge in [-0.2, -0.15) is 0 Å². The monoisotopic (exact) mass is 330 g/mol. The van der Waals surface area contributed by atoms with Gasteiger partial charge in [0.2, 0.25) is 0 Å². The number of hydrogen-bond acceptors (Lipinski definition) is 4. The number of hydrogen-bond donors (Lipinski definition) is 2. The molecule has 4 bridgehead atoms. The van der Waals surface area contributed by atoms with E-state index in [9.17, 15) is 5.11 Å². The van der Waals surface area contributed by atoms with Gasteiger partial charge >= 0.3 is 0 Å². The lowest BCUT2D eigenvalue weighted by Crippen LogP contribution is -2.64. The highest BCUT2D eigenvalue weighted by Gasteiger charge is 2.56. The van der Waals surface area contributed by atoms with Gasteiger partial charge in [-0.3, -0.25) is 0 Å². The van der Waals surface area contributed by atoms with E-state index in [1.54, 1.807) is 0 Å². The largest absolute Gasteiger partial charge is 0.390 e. The fraction of sp³-hybridized carbons (Fsp3) is 0.850. The zero-order chi connectivity index (χ0) is 16.2. The summed E-state index contributed by atoms with van der Waals surface area (Å²) < 4.78 is 5.66. The van der Waals surface area contributed by atoms with Gasteiger partial charge in [0.05, 0.1) is 11.3 Å². The van der Waals surface area contributed by atoms with Gasteiger partial charge in [0, 0.05) is 24.1 Å². The zero-order valence-electron chi connectivity index (χ0n) is 14.6. The molecule has 0 aliphatic heterocycles. The molecule has 0 amide bonds. The first-order chi connectivity index (χ1) is 11.6. The van der Waals surface area contributed by atoms with E-state index < -0.39 is 5.60 Å². The Labute approximate surface area is 144 Å². The predicted octanol–water partition coefficient (Wildman–Crippen LogP) is 3.90. The van der Waals surface area contributed by atoms with Crippen LogP contribution in [0.25, 0.3) is 0 Å². The van der Waals surface area contributed by atoms with Crippen LogP contribution in [-0.4, -0.2) is 21.4 Å². The Hall–Kier alpha value is -0.870. The van der Waals surface area contributed by atoms with E-state index in [0.717, 1.165) is 49.1 Å². The quantitative estimate of drug-likeness (QED) is 0.879. The van der Waals surface area contributed by atoms with Crippen LogP contribution in [0, 0.1) is 11.8 Å². The molecule has 2 N–H and O–H groups in total. The number of aliphatic hydroxyl groups is 1. The maximum absolute atomic E-state index is 10.9. The molecule has 5 aliphatic carbocycles. The van der Waals surface area contributed by atoms with Gasteiger partial charge in [-0.1, -0.05) is 24.4 Å². The molecule has 0 saturated heterocycles. The Morgan fingerprint density at radius 3 is 2.58 bits per heavy atom. The lowest BCUT2D eigenvalue weighted by Gasteiger charge is -2.60. The van der Waals surface area contributed by atoms with Gasteiger partial charge in [-0.25, -0.2) is 0 Å². The molecule has 5 aliphatic rings. The molecule has 0 aromatic carbocycles. The van der Waals surface area contributed by atoms with Crippen molar-refractivity contribution in [3.05, 3.63) is 17.5 Å². The van der Waals surface area contributed by atoms with Gasteiger partial charge in [0.1, 0.15) is 5.76 Å². The maximum Gasteiger partial charge on any atom is 0.140 e. The normalized spacial score (nSPS) is 41.9. The van der Waals surface area contributed by atoms with Crippen molar-refractivity contribution in [3.63, 3.8) is 0 Å². The van der Waals surface area contributed by atoms with Crippen LogP contribution >= 0.6 is 0 Å². The van der Waals surface area contributed by atoms with Crippen molar-refractivity contribution in [3.8, 4) is 0 Å². The molecule has 4 nitrogen and oxygen atoms in total. The third-order valence-corrected chi connectivity index (χ3v) is 7.26. The minimum absolute atomic E-state index is 0.142. The summed E-state index contributed by atoms with van der Waals surface area (Å²) in [4.78, 5) is 0. The van der Waals surface area contributed by atoms with Crippen LogP contribution < -0.4 is 5.32 Å². The molecule has 6 rings (SSSR count). The van der Waals surface area contributed by atoms with Gasteiger partial charge in [-0.05, 0) is 63.2 Å². The van der Waals surface area contributed by atoms with E-state index in [1.165, 1.54) is 51.4 Å². The summed E-state index contributed by atoms with van der Waals surface area (Å²) in [6.45, 7) is 0.783. The number of rotatable bonds is 4. The second kappa shape index (κ2) is 5.57. The average molecular weight is 330 g/mol. The van der Waals surface area contributed by atoms with Crippen molar-refractivity contribution in [1.82, 2.24) is 10.5 Å². The second-order valence-corrected chi connectivity index (χ2v) is 9.37. The van der Waals surface area contributed by atoms with Crippen LogP contribution in [0.4, 0.5) is 0 Å². The summed E-state index contributed by atoms with van der Waals surface area (Å²) >= 11 is 0. The molecule has 2 atom stereocenters. The fourth-order valence-corrected chi connectivity index (χ4v) is 6.69. The van der Waals surface area contributed by atoms with Crippen LogP contribution in [0.3, 0.4) is 0 Å². The predicted molar refractivity (Wildman–Crippen MR) is 91.5 cm³/mol. The standard InChI is InChI=1S/C20H30N2O2/c23-20-10-14-6-15(11-20)9-19(8-14,13-20)21-12-17-7-18(24-22-17)16-4-2-1-3-5-16/h7,14-16,21,23H,1-6,8-13H2. The summed E-state index contributed by atoms with van der Waals surface area (Å²) in [5.74, 6) is 3.12. The first kappa shape index (κ1) is 15.4. The first-order valence-electron chi connectivity index (χ1n) is 10.0. The Balaban J connectivity index is 1.25. The highest BCUT2D eigenvalue weighted by atomic mass is 16.5. The smallest absolute Gasteiger partial charge is 0.140 e. The van der Waals surface area contributed by atoms with Crippen LogP contribution in [-0.2, 0) is 6.54 Å². The average Bonchev–Trinajstić information content (AvgIpc) is 3.01. The van der Waals surface area contributed by atoms with Gasteiger partial charge in [0.25, 0.3) is 0 Å². The SMILES string of the molecule is OC12CC3CC(C1)CC(NCc1cc(C4CCCCC4)on1)(C3)C2. The molecule has 1 aromatic heterocycles. The second-order valence-electron chi connectivity index (χ2n) is 9.37. The topological polar surface area (TPSA) is 58.3 Å². The third-order valence-electron chi connectivity index (χ3n) is 7.26. The number of nitrogens with zero attached hydrogens (tertiary/aromatic N) is 1. The van der Waals surface area contributed by atoms with E-state index in [2.05, 4.69) is 16.5 Å². The summed E-state index contributed by atoms with van der Waals surface area (Å²) in [7, 11) is 0. The fourth-order valence-electron chi connectivity index (χ4n) is 6.69. The molecular formula is C20H30N2O2. The van der Waals surface area contributed by atoms with E-state index in [1.807, 2.05) is 0 Å². The molecule has 0 radical (unpaired) electrons. The maximum atomic E-state index is 10.9. The van der Waals surface area contributed by atoms with E-state index >= 15 is 0 Å². The van der Waals surface area contributed by atoms with Gasteiger partial charge < -0.3 is 14.9 Å². The highest BCUT2D eigenvalue weighted by molar-refractivity contribution is 5.15. The molecule has 4 heteroatoms. The summed E-state index contributed by atoms with van der Waals surface area (Å²) in [6.07, 6.45) is 13.3. The lowest BCUT2D eigenvalue weighted by atomic mass is 9.51. The zero-order valence-corrected chi connectivity index (χ0v) is 14.6. The summed E-state index contributed by atoms with van der Waals surface area (Å²) in [5, 5.41) is 19.0. The van der Waals surface area contributed by atoms with Crippen molar-refractivity contribution in [2.75, 3.05) is 0 Å². The molecule has 1 heterocycles. The van der Waals surface area contributed by atoms with Crippen LogP contribution in [0.2, 0.25) is 0 Å². The van der Waals surface area contributed by atoms with Gasteiger partial charge in [-0.15, -0.1) is 0 Å². The van der Waals surface area contributed by atoms with Crippen LogP contribution in [0.1, 0.15) is 88.0 Å². The molecule has 0 spiro atoms. The van der Waals surface area contributed by atoms with Gasteiger partial charge in [0.15, 0.2) is 0 Å². The Kier molecular flexibility index (Phi) is 3.57. The van der Waals surface area contributed by atoms with E-state index in [0.29, 0.717) is 5.92 Å². The Bertz CT molecular complexity index is 591. The minimum atomic E-state index is -0.395. The number of aromatic nitrogens is 1. The Morgan fingerprint density at radius 2 is 1.88 bits per heavy atom. The summed E-state index contributed by atoms with van der Waals surface area (Å²) in [6, 6.07) is 2.18. The first-order valence-corrected chi connectivity index (χ1v) is 10.0. The molecule has 5 saturated carbocycles. The van der Waals surface area contributed by atoms with Crippen molar-refractivity contribution in [2.45, 2.75) is 94.2 Å². The Morgan fingerprint density at radius 1 is 1.12 bits per heavy atom. The minimum Gasteiger partial charge on any atom is -0.390 e. The molecule has 2 unspecified atom stereocenters. The van der Waals surface area contributed by atoms with Crippen molar-refractivity contribution in [1.29, 1.82) is 0 Å². The van der Waals surface area contributed by atoms with E-state index in [4.69, 9.17) is 4.52 Å². The van der Waals surface area contributed by atoms with Crippen molar-refractivity contribution >= 4 is 0 Å². The molecular weight excluding hydrogens is 300 g/mol. The summed E-state index contributed by atoms with van der Waals surface area (Å²) in [5.41, 5.74) is 0.787. The third kappa shape index (κ3) is 2.72. The molecule has 132 valence electrons. The van der Waals surface area contributed by atoms with Crippen molar-refractivity contribution < 1.29 is 9.63 Å².